The molecule has 0 bridgehead atoms. The third kappa shape index (κ3) is 6.91. The maximum Gasteiger partial charge on any atom is -0.0237 e. The Bertz CT molecular complexity index is 202. The Balaban J connectivity index is 4.19. The monoisotopic (exact) mass is 238 g/mol. The van der Waals surface area contributed by atoms with Crippen molar-refractivity contribution in [3.8, 4) is 0 Å². The normalized spacial score (nSPS) is 16.9. The Morgan fingerprint density at radius 1 is 1.00 bits per heavy atom. The zero-order valence-corrected chi connectivity index (χ0v) is 13.1. The first-order valence-corrected chi connectivity index (χ1v) is 7.55. The maximum atomic E-state index is 4.07. The van der Waals surface area contributed by atoms with Crippen LogP contribution >= 0.6 is 0 Å². The van der Waals surface area contributed by atoms with Gasteiger partial charge in [-0.15, -0.1) is 0 Å². The molecule has 0 aromatic heterocycles. The molecule has 0 heterocycles. The lowest BCUT2D eigenvalue weighted by Gasteiger charge is -2.29. The molecular weight excluding hydrogens is 204 g/mol. The smallest absolute Gasteiger partial charge is 0.0237 e. The molecule has 3 atom stereocenters. The molecule has 0 fully saturated rings. The summed E-state index contributed by atoms with van der Waals surface area (Å²) in [4.78, 5) is 0. The molecule has 0 saturated heterocycles. The number of unbranched alkanes of at least 4 members (excludes halogenated alkanes) is 1. The summed E-state index contributed by atoms with van der Waals surface area (Å²) in [6.07, 6.45) is 6.81. The van der Waals surface area contributed by atoms with Crippen LogP contribution < -0.4 is 0 Å². The van der Waals surface area contributed by atoms with Crippen molar-refractivity contribution >= 4 is 0 Å². The Morgan fingerprint density at radius 2 is 1.59 bits per heavy atom. The van der Waals surface area contributed by atoms with E-state index in [1.165, 1.54) is 37.7 Å². The highest BCUT2D eigenvalue weighted by atomic mass is 14.3. The van der Waals surface area contributed by atoms with Crippen molar-refractivity contribution in [1.29, 1.82) is 0 Å². The summed E-state index contributed by atoms with van der Waals surface area (Å²) in [5, 5.41) is 0. The van der Waals surface area contributed by atoms with Gasteiger partial charge in [0.05, 0.1) is 0 Å². The van der Waals surface area contributed by atoms with E-state index in [-0.39, 0.29) is 0 Å². The van der Waals surface area contributed by atoms with Crippen LogP contribution in [0.4, 0.5) is 0 Å². The van der Waals surface area contributed by atoms with Gasteiger partial charge in [-0.25, -0.2) is 0 Å². The SMILES string of the molecule is C=C(C)C(C)CCC(C(C)C)C(C)CCCC. The Labute approximate surface area is 110 Å². The van der Waals surface area contributed by atoms with Crippen LogP contribution in [-0.4, -0.2) is 0 Å². The molecule has 0 heteroatoms. The van der Waals surface area contributed by atoms with Crippen LogP contribution in [0.25, 0.3) is 0 Å². The lowest BCUT2D eigenvalue weighted by atomic mass is 9.77. The van der Waals surface area contributed by atoms with Gasteiger partial charge in [-0.3, -0.25) is 0 Å². The van der Waals surface area contributed by atoms with E-state index in [0.29, 0.717) is 5.92 Å². The molecule has 3 unspecified atom stereocenters. The summed E-state index contributed by atoms with van der Waals surface area (Å²) in [6.45, 7) is 18.1. The second-order valence-corrected chi connectivity index (χ2v) is 6.35. The second kappa shape index (κ2) is 8.78. The van der Waals surface area contributed by atoms with Crippen molar-refractivity contribution in [2.45, 2.75) is 73.6 Å². The molecule has 0 N–H and O–H groups in total. The fraction of sp³-hybridized carbons (Fsp3) is 0.882. The molecule has 0 aliphatic rings. The quantitative estimate of drug-likeness (QED) is 0.427. The van der Waals surface area contributed by atoms with Gasteiger partial charge in [0.2, 0.25) is 0 Å². The van der Waals surface area contributed by atoms with E-state index in [2.05, 4.69) is 48.1 Å². The molecule has 0 aliphatic carbocycles. The Kier molecular flexibility index (Phi) is 8.64. The van der Waals surface area contributed by atoms with Gasteiger partial charge >= 0.3 is 0 Å². The summed E-state index contributed by atoms with van der Waals surface area (Å²) in [7, 11) is 0. The molecule has 0 radical (unpaired) electrons. The van der Waals surface area contributed by atoms with Gasteiger partial charge in [-0.2, -0.15) is 0 Å². The first-order valence-electron chi connectivity index (χ1n) is 7.55. The minimum Gasteiger partial charge on any atom is -0.0999 e. The molecule has 0 nitrogen and oxygen atoms in total. The van der Waals surface area contributed by atoms with Gasteiger partial charge in [-0.1, -0.05) is 66.0 Å². The lowest BCUT2D eigenvalue weighted by molar-refractivity contribution is 0.226. The summed E-state index contributed by atoms with van der Waals surface area (Å²) < 4.78 is 0. The summed E-state index contributed by atoms with van der Waals surface area (Å²) >= 11 is 0. The fourth-order valence-electron chi connectivity index (χ4n) is 2.70. The van der Waals surface area contributed by atoms with Crippen LogP contribution in [-0.2, 0) is 0 Å². The van der Waals surface area contributed by atoms with E-state index in [1.54, 1.807) is 0 Å². The van der Waals surface area contributed by atoms with Crippen LogP contribution in [0.2, 0.25) is 0 Å². The highest BCUT2D eigenvalue weighted by molar-refractivity contribution is 4.93. The van der Waals surface area contributed by atoms with E-state index in [0.717, 1.165) is 17.8 Å². The summed E-state index contributed by atoms with van der Waals surface area (Å²) in [5.41, 5.74) is 1.34. The van der Waals surface area contributed by atoms with E-state index in [9.17, 15) is 0 Å². The standard InChI is InChI=1S/C17H34/c1-8-9-10-16(7)17(14(4)5)12-11-15(6)13(2)3/h14-17H,2,8-12H2,1,3-7H3. The third-order valence-corrected chi connectivity index (χ3v) is 4.37. The van der Waals surface area contributed by atoms with Crippen molar-refractivity contribution in [3.63, 3.8) is 0 Å². The molecule has 0 aliphatic heterocycles. The highest BCUT2D eigenvalue weighted by Gasteiger charge is 2.21. The number of hydrogen-bond donors (Lipinski definition) is 0. The Morgan fingerprint density at radius 3 is 2.00 bits per heavy atom. The summed E-state index contributed by atoms with van der Waals surface area (Å²) in [5.74, 6) is 3.28. The van der Waals surface area contributed by atoms with Crippen molar-refractivity contribution in [2.24, 2.45) is 23.7 Å². The predicted octanol–water partition coefficient (Wildman–Crippen LogP) is 6.08. The van der Waals surface area contributed by atoms with E-state index >= 15 is 0 Å². The lowest BCUT2D eigenvalue weighted by Crippen LogP contribution is -2.19. The number of allylic oxidation sites excluding steroid dienone is 1. The maximum absolute atomic E-state index is 4.07. The zero-order valence-electron chi connectivity index (χ0n) is 13.1. The first-order chi connectivity index (χ1) is 7.90. The number of rotatable bonds is 9. The molecule has 0 rings (SSSR count). The molecular formula is C17H34. The van der Waals surface area contributed by atoms with Crippen LogP contribution in [0.15, 0.2) is 12.2 Å². The van der Waals surface area contributed by atoms with Crippen molar-refractivity contribution in [3.05, 3.63) is 12.2 Å². The fourth-order valence-corrected chi connectivity index (χ4v) is 2.70. The molecule has 0 amide bonds. The van der Waals surface area contributed by atoms with Gasteiger partial charge in [0.15, 0.2) is 0 Å². The van der Waals surface area contributed by atoms with Gasteiger partial charge in [0, 0.05) is 0 Å². The minimum absolute atomic E-state index is 0.689. The number of hydrogen-bond acceptors (Lipinski definition) is 0. The van der Waals surface area contributed by atoms with Crippen LogP contribution in [0.3, 0.4) is 0 Å². The first kappa shape index (κ1) is 16.7. The topological polar surface area (TPSA) is 0 Å². The largest absolute Gasteiger partial charge is 0.0999 e. The van der Waals surface area contributed by atoms with Gasteiger partial charge in [-0.05, 0) is 43.4 Å². The average molecular weight is 238 g/mol. The predicted molar refractivity (Wildman–Crippen MR) is 80.2 cm³/mol. The van der Waals surface area contributed by atoms with Gasteiger partial charge in [0.25, 0.3) is 0 Å². The van der Waals surface area contributed by atoms with Crippen molar-refractivity contribution in [2.75, 3.05) is 0 Å². The highest BCUT2D eigenvalue weighted by Crippen LogP contribution is 2.31. The van der Waals surface area contributed by atoms with Crippen molar-refractivity contribution < 1.29 is 0 Å². The Hall–Kier alpha value is -0.260. The summed E-state index contributed by atoms with van der Waals surface area (Å²) in [6, 6.07) is 0. The second-order valence-electron chi connectivity index (χ2n) is 6.35. The van der Waals surface area contributed by atoms with Gasteiger partial charge < -0.3 is 0 Å². The third-order valence-electron chi connectivity index (χ3n) is 4.37. The van der Waals surface area contributed by atoms with E-state index < -0.39 is 0 Å². The molecule has 102 valence electrons. The van der Waals surface area contributed by atoms with Gasteiger partial charge in [0.1, 0.15) is 0 Å². The molecule has 0 spiro atoms. The molecule has 0 saturated carbocycles. The molecule has 0 aromatic rings. The van der Waals surface area contributed by atoms with Crippen LogP contribution in [0, 0.1) is 23.7 Å². The van der Waals surface area contributed by atoms with Crippen LogP contribution in [0.1, 0.15) is 73.6 Å². The van der Waals surface area contributed by atoms with E-state index in [1.807, 2.05) is 0 Å². The zero-order chi connectivity index (χ0) is 13.4. The van der Waals surface area contributed by atoms with E-state index in [4.69, 9.17) is 0 Å². The van der Waals surface area contributed by atoms with Crippen molar-refractivity contribution in [1.82, 2.24) is 0 Å². The minimum atomic E-state index is 0.689. The molecule has 17 heavy (non-hydrogen) atoms. The molecule has 0 aromatic carbocycles. The van der Waals surface area contributed by atoms with Crippen LogP contribution in [0.5, 0.6) is 0 Å². The average Bonchev–Trinajstić information content (AvgIpc) is 2.25.